The normalized spacial score (nSPS) is 10.5. The molecule has 1 N–H and O–H groups in total. The highest BCUT2D eigenvalue weighted by Crippen LogP contribution is 2.20. The summed E-state index contributed by atoms with van der Waals surface area (Å²) >= 11 is 0. The van der Waals surface area contributed by atoms with E-state index in [1.807, 2.05) is 24.3 Å². The van der Waals surface area contributed by atoms with Crippen molar-refractivity contribution in [2.45, 2.75) is 26.8 Å². The second-order valence-corrected chi connectivity index (χ2v) is 5.69. The number of hydrogen-bond donors (Lipinski definition) is 1. The molecule has 0 bridgehead atoms. The van der Waals surface area contributed by atoms with Crippen molar-refractivity contribution in [2.75, 3.05) is 23.4 Å². The summed E-state index contributed by atoms with van der Waals surface area (Å²) < 4.78 is 18.6. The van der Waals surface area contributed by atoms with Crippen molar-refractivity contribution in [1.82, 2.24) is 0 Å². The Hall–Kier alpha value is -2.56. The van der Waals surface area contributed by atoms with Gasteiger partial charge >= 0.3 is 0 Å². The Balaban J connectivity index is 1.91. The second kappa shape index (κ2) is 8.34. The fraction of sp³-hybridized carbons (Fsp3) is 0.316. The van der Waals surface area contributed by atoms with Crippen LogP contribution in [0.25, 0.3) is 0 Å². The van der Waals surface area contributed by atoms with Gasteiger partial charge in [-0.2, -0.15) is 0 Å². The average molecular weight is 330 g/mol. The van der Waals surface area contributed by atoms with Gasteiger partial charge in [-0.25, -0.2) is 4.39 Å². The lowest BCUT2D eigenvalue weighted by Gasteiger charge is -2.27. The number of rotatable bonds is 7. The van der Waals surface area contributed by atoms with E-state index in [0.717, 1.165) is 12.2 Å². The van der Waals surface area contributed by atoms with Crippen LogP contribution < -0.4 is 15.0 Å². The van der Waals surface area contributed by atoms with Crippen LogP contribution >= 0.6 is 0 Å². The molecular formula is C19H23FN2O2. The standard InChI is InChI=1S/C19H23FN2O2/c1-4-22(14(2)3)16-11-9-15(10-12-16)21-19(23)13-24-18-8-6-5-7-17(18)20/h5-12,14H,4,13H2,1-3H3,(H,21,23). The molecule has 0 saturated carbocycles. The third-order valence-electron chi connectivity index (χ3n) is 3.64. The lowest BCUT2D eigenvalue weighted by atomic mass is 10.2. The summed E-state index contributed by atoms with van der Waals surface area (Å²) in [6, 6.07) is 14.0. The van der Waals surface area contributed by atoms with E-state index >= 15 is 0 Å². The SMILES string of the molecule is CCN(c1ccc(NC(=O)COc2ccccc2F)cc1)C(C)C. The number of benzene rings is 2. The van der Waals surface area contributed by atoms with Crippen LogP contribution in [-0.2, 0) is 4.79 Å². The number of carbonyl (C=O) groups excluding carboxylic acids is 1. The molecule has 0 spiro atoms. The monoisotopic (exact) mass is 330 g/mol. The van der Waals surface area contributed by atoms with Crippen molar-refractivity contribution in [2.24, 2.45) is 0 Å². The van der Waals surface area contributed by atoms with Crippen molar-refractivity contribution >= 4 is 17.3 Å². The second-order valence-electron chi connectivity index (χ2n) is 5.69. The van der Waals surface area contributed by atoms with Gasteiger partial charge in [-0.3, -0.25) is 4.79 Å². The van der Waals surface area contributed by atoms with Crippen LogP contribution in [0.4, 0.5) is 15.8 Å². The van der Waals surface area contributed by atoms with Gasteiger partial charge in [0.2, 0.25) is 0 Å². The number of nitrogens with zero attached hydrogens (tertiary/aromatic N) is 1. The van der Waals surface area contributed by atoms with E-state index in [1.165, 1.54) is 12.1 Å². The van der Waals surface area contributed by atoms with Gasteiger partial charge < -0.3 is 15.0 Å². The van der Waals surface area contributed by atoms with E-state index in [-0.39, 0.29) is 18.3 Å². The van der Waals surface area contributed by atoms with Gasteiger partial charge in [0.05, 0.1) is 0 Å². The molecule has 2 rings (SSSR count). The smallest absolute Gasteiger partial charge is 0.262 e. The van der Waals surface area contributed by atoms with Gasteiger partial charge in [0.25, 0.3) is 5.91 Å². The number of nitrogens with one attached hydrogen (secondary N) is 1. The molecule has 0 aliphatic rings. The minimum Gasteiger partial charge on any atom is -0.481 e. The number of ether oxygens (including phenoxy) is 1. The van der Waals surface area contributed by atoms with E-state index in [1.54, 1.807) is 12.1 Å². The Morgan fingerprint density at radius 2 is 1.83 bits per heavy atom. The highest BCUT2D eigenvalue weighted by atomic mass is 19.1. The molecule has 128 valence electrons. The zero-order valence-corrected chi connectivity index (χ0v) is 14.3. The molecule has 24 heavy (non-hydrogen) atoms. The third kappa shape index (κ3) is 4.72. The highest BCUT2D eigenvalue weighted by molar-refractivity contribution is 5.92. The molecule has 0 atom stereocenters. The zero-order chi connectivity index (χ0) is 17.5. The quantitative estimate of drug-likeness (QED) is 0.832. The predicted octanol–water partition coefficient (Wildman–Crippen LogP) is 4.08. The number of hydrogen-bond acceptors (Lipinski definition) is 3. The minimum atomic E-state index is -0.483. The predicted molar refractivity (Wildman–Crippen MR) is 95.1 cm³/mol. The van der Waals surface area contributed by atoms with E-state index < -0.39 is 5.82 Å². The Morgan fingerprint density at radius 1 is 1.17 bits per heavy atom. The summed E-state index contributed by atoms with van der Waals surface area (Å²) in [5, 5.41) is 2.74. The number of halogens is 1. The maximum Gasteiger partial charge on any atom is 0.262 e. The van der Waals surface area contributed by atoms with Crippen LogP contribution in [0.1, 0.15) is 20.8 Å². The summed E-state index contributed by atoms with van der Waals surface area (Å²) in [5.41, 5.74) is 1.79. The summed E-state index contributed by atoms with van der Waals surface area (Å²) in [5.74, 6) is -0.747. The Kier molecular flexibility index (Phi) is 6.18. The first-order chi connectivity index (χ1) is 11.5. The van der Waals surface area contributed by atoms with Crippen molar-refractivity contribution in [1.29, 1.82) is 0 Å². The van der Waals surface area contributed by atoms with Gasteiger partial charge in [0.15, 0.2) is 18.2 Å². The molecule has 0 unspecified atom stereocenters. The van der Waals surface area contributed by atoms with E-state index in [4.69, 9.17) is 4.74 Å². The van der Waals surface area contributed by atoms with Gasteiger partial charge in [-0.15, -0.1) is 0 Å². The van der Waals surface area contributed by atoms with Gasteiger partial charge in [-0.05, 0) is 57.2 Å². The van der Waals surface area contributed by atoms with Crippen LogP contribution in [0.15, 0.2) is 48.5 Å². The first kappa shape index (κ1) is 17.8. The summed E-state index contributed by atoms with van der Waals surface area (Å²) in [4.78, 5) is 14.2. The fourth-order valence-corrected chi connectivity index (χ4v) is 2.48. The molecule has 0 aliphatic heterocycles. The fourth-order valence-electron chi connectivity index (χ4n) is 2.48. The van der Waals surface area contributed by atoms with Crippen LogP contribution in [0.2, 0.25) is 0 Å². The molecule has 4 nitrogen and oxygen atoms in total. The molecule has 5 heteroatoms. The average Bonchev–Trinajstić information content (AvgIpc) is 2.56. The maximum absolute atomic E-state index is 13.4. The molecule has 0 heterocycles. The van der Waals surface area contributed by atoms with E-state index in [2.05, 4.69) is 31.0 Å². The Labute approximate surface area is 142 Å². The summed E-state index contributed by atoms with van der Waals surface area (Å²) in [6.07, 6.45) is 0. The molecule has 0 saturated heterocycles. The summed E-state index contributed by atoms with van der Waals surface area (Å²) in [7, 11) is 0. The maximum atomic E-state index is 13.4. The van der Waals surface area contributed by atoms with E-state index in [0.29, 0.717) is 11.7 Å². The third-order valence-corrected chi connectivity index (χ3v) is 3.64. The highest BCUT2D eigenvalue weighted by Gasteiger charge is 2.09. The number of para-hydroxylation sites is 1. The lowest BCUT2D eigenvalue weighted by molar-refractivity contribution is -0.118. The van der Waals surface area contributed by atoms with E-state index in [9.17, 15) is 9.18 Å². The van der Waals surface area contributed by atoms with Gasteiger partial charge in [0, 0.05) is 24.0 Å². The van der Waals surface area contributed by atoms with Crippen molar-refractivity contribution in [3.8, 4) is 5.75 Å². The van der Waals surface area contributed by atoms with Crippen molar-refractivity contribution in [3.05, 3.63) is 54.3 Å². The van der Waals surface area contributed by atoms with Crippen LogP contribution in [0.5, 0.6) is 5.75 Å². The largest absolute Gasteiger partial charge is 0.481 e. The number of carbonyl (C=O) groups is 1. The molecule has 0 fully saturated rings. The first-order valence-electron chi connectivity index (χ1n) is 8.05. The minimum absolute atomic E-state index is 0.0681. The zero-order valence-electron chi connectivity index (χ0n) is 14.3. The van der Waals surface area contributed by atoms with Crippen molar-refractivity contribution in [3.63, 3.8) is 0 Å². The Bertz CT molecular complexity index is 671. The molecule has 0 radical (unpaired) electrons. The van der Waals surface area contributed by atoms with Gasteiger partial charge in [-0.1, -0.05) is 12.1 Å². The molecule has 0 aliphatic carbocycles. The lowest BCUT2D eigenvalue weighted by Crippen LogP contribution is -2.30. The first-order valence-corrected chi connectivity index (χ1v) is 8.05. The number of anilines is 2. The van der Waals surface area contributed by atoms with Crippen LogP contribution in [0, 0.1) is 5.82 Å². The van der Waals surface area contributed by atoms with Crippen LogP contribution in [-0.4, -0.2) is 25.1 Å². The number of amides is 1. The molecule has 1 amide bonds. The van der Waals surface area contributed by atoms with Gasteiger partial charge in [0.1, 0.15) is 0 Å². The molecule has 2 aromatic rings. The summed E-state index contributed by atoms with van der Waals surface area (Å²) in [6.45, 7) is 7.06. The van der Waals surface area contributed by atoms with Crippen LogP contribution in [0.3, 0.4) is 0 Å². The molecular weight excluding hydrogens is 307 g/mol. The molecule has 2 aromatic carbocycles. The molecule has 0 aromatic heterocycles. The van der Waals surface area contributed by atoms with Crippen molar-refractivity contribution < 1.29 is 13.9 Å². The topological polar surface area (TPSA) is 41.6 Å². The Morgan fingerprint density at radius 3 is 2.42 bits per heavy atom.